The second-order valence-corrected chi connectivity index (χ2v) is 9.84. The first-order chi connectivity index (χ1) is 14.3. The molecule has 0 N–H and O–H groups in total. The third kappa shape index (κ3) is 11.7. The lowest BCUT2D eigenvalue weighted by molar-refractivity contribution is -0.0193. The molecule has 2 aliphatic rings. The summed E-state index contributed by atoms with van der Waals surface area (Å²) in [5.41, 5.74) is 0. The summed E-state index contributed by atoms with van der Waals surface area (Å²) in [5, 5.41) is 0. The molecule has 0 bridgehead atoms. The number of unbranched alkanes of at least 4 members (excludes halogenated alkanes) is 9. The molecule has 0 aromatic carbocycles. The molecule has 0 amide bonds. The van der Waals surface area contributed by atoms with Crippen molar-refractivity contribution >= 4 is 0 Å². The van der Waals surface area contributed by atoms with Gasteiger partial charge in [-0.25, -0.2) is 0 Å². The van der Waals surface area contributed by atoms with E-state index in [1.54, 1.807) is 0 Å². The zero-order valence-electron chi connectivity index (χ0n) is 20.0. The molecule has 0 radical (unpaired) electrons. The van der Waals surface area contributed by atoms with E-state index in [1.165, 1.54) is 136 Å². The second kappa shape index (κ2) is 16.6. The number of hydrogen-bond donors (Lipinski definition) is 0. The van der Waals surface area contributed by atoms with Gasteiger partial charge in [0.2, 0.25) is 0 Å². The van der Waals surface area contributed by atoms with Crippen molar-refractivity contribution in [3.8, 4) is 0 Å². The Morgan fingerprint density at radius 3 is 1.59 bits per heavy atom. The van der Waals surface area contributed by atoms with Crippen molar-refractivity contribution in [3.63, 3.8) is 0 Å². The van der Waals surface area contributed by atoms with E-state index in [0.29, 0.717) is 6.10 Å². The Bertz CT molecular complexity index is 360. The van der Waals surface area contributed by atoms with Crippen LogP contribution in [-0.2, 0) is 4.74 Å². The lowest BCUT2D eigenvalue weighted by Crippen LogP contribution is -2.39. The van der Waals surface area contributed by atoms with E-state index < -0.39 is 0 Å². The van der Waals surface area contributed by atoms with Crippen molar-refractivity contribution in [3.05, 3.63) is 0 Å². The summed E-state index contributed by atoms with van der Waals surface area (Å²) in [6.45, 7) is 13.4. The molecule has 2 saturated heterocycles. The fraction of sp³-hybridized carbons (Fsp3) is 1.00. The molecule has 2 heterocycles. The van der Waals surface area contributed by atoms with Gasteiger partial charge in [0.15, 0.2) is 0 Å². The molecule has 3 nitrogen and oxygen atoms in total. The van der Waals surface area contributed by atoms with Crippen molar-refractivity contribution in [2.45, 2.75) is 116 Å². The number of rotatable bonds is 16. The Kier molecular flexibility index (Phi) is 14.4. The van der Waals surface area contributed by atoms with Crippen LogP contribution in [0.15, 0.2) is 0 Å². The Morgan fingerprint density at radius 2 is 1.03 bits per heavy atom. The standard InChI is InChI=1S/C26H52N2O/c1-3-5-7-9-10-11-13-19-28-22-16-26(17-23-28)29-24-25-14-20-27(21-15-25)18-12-8-6-4-2/h25-26H,3-24H2,1-2H3. The van der Waals surface area contributed by atoms with Gasteiger partial charge in [0.05, 0.1) is 6.10 Å². The minimum absolute atomic E-state index is 0.535. The third-order valence-electron chi connectivity index (χ3n) is 7.22. The maximum absolute atomic E-state index is 6.35. The van der Waals surface area contributed by atoms with Crippen LogP contribution in [0.4, 0.5) is 0 Å². The van der Waals surface area contributed by atoms with Gasteiger partial charge in [0, 0.05) is 19.7 Å². The van der Waals surface area contributed by atoms with E-state index >= 15 is 0 Å². The van der Waals surface area contributed by atoms with Crippen molar-refractivity contribution < 1.29 is 4.74 Å². The fourth-order valence-electron chi connectivity index (χ4n) is 5.00. The molecule has 0 spiro atoms. The average molecular weight is 409 g/mol. The van der Waals surface area contributed by atoms with Crippen molar-refractivity contribution in [1.82, 2.24) is 9.80 Å². The normalized spacial score (nSPS) is 20.5. The van der Waals surface area contributed by atoms with E-state index in [2.05, 4.69) is 23.6 Å². The molecule has 2 fully saturated rings. The zero-order valence-corrected chi connectivity index (χ0v) is 20.0. The first kappa shape index (κ1) is 25.1. The molecule has 172 valence electrons. The van der Waals surface area contributed by atoms with Gasteiger partial charge >= 0.3 is 0 Å². The molecular formula is C26H52N2O. The van der Waals surface area contributed by atoms with Gasteiger partial charge < -0.3 is 14.5 Å². The molecule has 0 saturated carbocycles. The minimum Gasteiger partial charge on any atom is -0.378 e. The van der Waals surface area contributed by atoms with Gasteiger partial charge in [-0.3, -0.25) is 0 Å². The van der Waals surface area contributed by atoms with Gasteiger partial charge in [-0.15, -0.1) is 0 Å². The quantitative estimate of drug-likeness (QED) is 0.271. The number of hydrogen-bond acceptors (Lipinski definition) is 3. The molecule has 3 heteroatoms. The highest BCUT2D eigenvalue weighted by Crippen LogP contribution is 2.21. The number of ether oxygens (including phenoxy) is 1. The Hall–Kier alpha value is -0.120. The third-order valence-corrected chi connectivity index (χ3v) is 7.22. The average Bonchev–Trinajstić information content (AvgIpc) is 2.76. The van der Waals surface area contributed by atoms with Crippen LogP contribution in [0.5, 0.6) is 0 Å². The summed E-state index contributed by atoms with van der Waals surface area (Å²) in [6.07, 6.45) is 21.2. The predicted octanol–water partition coefficient (Wildman–Crippen LogP) is 6.51. The van der Waals surface area contributed by atoms with Crippen molar-refractivity contribution in [1.29, 1.82) is 0 Å². The molecular weight excluding hydrogens is 356 g/mol. The molecule has 0 aromatic heterocycles. The Morgan fingerprint density at radius 1 is 0.586 bits per heavy atom. The van der Waals surface area contributed by atoms with Crippen LogP contribution in [-0.4, -0.2) is 61.8 Å². The molecule has 2 aliphatic heterocycles. The van der Waals surface area contributed by atoms with E-state index in [-0.39, 0.29) is 0 Å². The topological polar surface area (TPSA) is 15.7 Å². The van der Waals surface area contributed by atoms with Crippen molar-refractivity contribution in [2.75, 3.05) is 45.9 Å². The monoisotopic (exact) mass is 408 g/mol. The maximum atomic E-state index is 6.35. The first-order valence-electron chi connectivity index (χ1n) is 13.4. The molecule has 29 heavy (non-hydrogen) atoms. The van der Waals surface area contributed by atoms with E-state index in [1.807, 2.05) is 0 Å². The zero-order chi connectivity index (χ0) is 20.6. The van der Waals surface area contributed by atoms with Crippen LogP contribution in [0.3, 0.4) is 0 Å². The van der Waals surface area contributed by atoms with Crippen LogP contribution in [0.2, 0.25) is 0 Å². The molecule has 0 aliphatic carbocycles. The summed E-state index contributed by atoms with van der Waals surface area (Å²) in [4.78, 5) is 5.37. The highest BCUT2D eigenvalue weighted by Gasteiger charge is 2.23. The van der Waals surface area contributed by atoms with Crippen LogP contribution in [0.1, 0.15) is 110 Å². The van der Waals surface area contributed by atoms with Gasteiger partial charge in [0.1, 0.15) is 0 Å². The molecule has 2 rings (SSSR count). The smallest absolute Gasteiger partial charge is 0.0599 e. The van der Waals surface area contributed by atoms with Crippen molar-refractivity contribution in [2.24, 2.45) is 5.92 Å². The van der Waals surface area contributed by atoms with Crippen LogP contribution >= 0.6 is 0 Å². The summed E-state index contributed by atoms with van der Waals surface area (Å²) in [5.74, 6) is 0.813. The molecule has 0 unspecified atom stereocenters. The van der Waals surface area contributed by atoms with E-state index in [9.17, 15) is 0 Å². The van der Waals surface area contributed by atoms with Crippen LogP contribution < -0.4 is 0 Å². The highest BCUT2D eigenvalue weighted by molar-refractivity contribution is 4.75. The highest BCUT2D eigenvalue weighted by atomic mass is 16.5. The van der Waals surface area contributed by atoms with Gasteiger partial charge in [-0.2, -0.15) is 0 Å². The lowest BCUT2D eigenvalue weighted by atomic mass is 9.97. The summed E-state index contributed by atoms with van der Waals surface area (Å²) in [6, 6.07) is 0. The maximum Gasteiger partial charge on any atom is 0.0599 e. The van der Waals surface area contributed by atoms with Crippen LogP contribution in [0.25, 0.3) is 0 Å². The van der Waals surface area contributed by atoms with Gasteiger partial charge in [-0.1, -0.05) is 71.6 Å². The van der Waals surface area contributed by atoms with E-state index in [0.717, 1.165) is 12.5 Å². The Labute approximate surface area is 182 Å². The lowest BCUT2D eigenvalue weighted by Gasteiger charge is -2.35. The number of likely N-dealkylation sites (tertiary alicyclic amines) is 2. The van der Waals surface area contributed by atoms with Gasteiger partial charge in [0.25, 0.3) is 0 Å². The minimum atomic E-state index is 0.535. The molecule has 0 aromatic rings. The summed E-state index contributed by atoms with van der Waals surface area (Å²) >= 11 is 0. The molecule has 0 atom stereocenters. The van der Waals surface area contributed by atoms with Crippen LogP contribution in [0, 0.1) is 5.92 Å². The first-order valence-corrected chi connectivity index (χ1v) is 13.4. The van der Waals surface area contributed by atoms with E-state index in [4.69, 9.17) is 4.74 Å². The number of nitrogens with zero attached hydrogens (tertiary/aromatic N) is 2. The Balaban J connectivity index is 1.42. The largest absolute Gasteiger partial charge is 0.378 e. The predicted molar refractivity (Wildman–Crippen MR) is 127 cm³/mol. The second-order valence-electron chi connectivity index (χ2n) is 9.84. The fourth-order valence-corrected chi connectivity index (χ4v) is 5.00. The summed E-state index contributed by atoms with van der Waals surface area (Å²) in [7, 11) is 0. The summed E-state index contributed by atoms with van der Waals surface area (Å²) < 4.78 is 6.35. The SMILES string of the molecule is CCCCCCCCCN1CCC(OCC2CCN(CCCCCC)CC2)CC1. The van der Waals surface area contributed by atoms with Gasteiger partial charge in [-0.05, 0) is 70.6 Å². The number of piperidine rings is 2.